The molecule has 13 heteroatoms. The maximum absolute atomic E-state index is 15.7. The van der Waals surface area contributed by atoms with Crippen molar-refractivity contribution in [3.8, 4) is 11.5 Å². The number of ether oxygens (including phenoxy) is 2. The summed E-state index contributed by atoms with van der Waals surface area (Å²) < 4.78 is 70.7. The zero-order chi connectivity index (χ0) is 31.8. The number of rotatable bonds is 10. The molecular weight excluding hydrogens is 647 g/mol. The molecule has 5 rings (SSSR count). The van der Waals surface area contributed by atoms with Gasteiger partial charge in [0, 0.05) is 37.8 Å². The van der Waals surface area contributed by atoms with Crippen LogP contribution in [0.25, 0.3) is 0 Å². The Morgan fingerprint density at radius 3 is 2.27 bits per heavy atom. The first-order valence-corrected chi connectivity index (χ1v) is 16.3. The van der Waals surface area contributed by atoms with E-state index in [0.717, 1.165) is 32.2 Å². The van der Waals surface area contributed by atoms with Crippen LogP contribution in [0.15, 0.2) is 59.5 Å². The molecule has 0 radical (unpaired) electrons. The number of hydrogen-bond acceptors (Lipinski definition) is 7. The number of anilines is 1. The number of nitrogens with zero attached hydrogens (tertiary/aromatic N) is 3. The van der Waals surface area contributed by atoms with Crippen LogP contribution in [0.3, 0.4) is 0 Å². The number of piperazine rings is 1. The summed E-state index contributed by atoms with van der Waals surface area (Å²) in [4.78, 5) is 18.8. The Morgan fingerprint density at radius 1 is 0.956 bits per heavy atom. The number of hydrogen-bond donors (Lipinski definition) is 0. The van der Waals surface area contributed by atoms with Crippen LogP contribution in [0.2, 0.25) is 5.02 Å². The number of methoxy groups -OCH3 is 1. The van der Waals surface area contributed by atoms with E-state index >= 15 is 8.78 Å². The van der Waals surface area contributed by atoms with Gasteiger partial charge >= 0.3 is 0 Å². The lowest BCUT2D eigenvalue weighted by molar-refractivity contribution is -0.121. The van der Waals surface area contributed by atoms with Gasteiger partial charge in [-0.1, -0.05) is 29.8 Å². The minimum absolute atomic E-state index is 0. The average Bonchev–Trinajstić information content (AvgIpc) is 3.22. The third-order valence-electron chi connectivity index (χ3n) is 8.26. The van der Waals surface area contributed by atoms with Gasteiger partial charge in [-0.15, -0.1) is 12.4 Å². The van der Waals surface area contributed by atoms with Crippen LogP contribution in [-0.4, -0.2) is 77.1 Å². The third kappa shape index (κ3) is 6.51. The highest BCUT2D eigenvalue weighted by Gasteiger charge is 2.57. The fourth-order valence-electron chi connectivity index (χ4n) is 6.03. The van der Waals surface area contributed by atoms with Gasteiger partial charge in [0.15, 0.2) is 11.6 Å². The number of likely N-dealkylation sites (N-methyl/N-ethyl adjacent to an activating group) is 1. The van der Waals surface area contributed by atoms with Crippen LogP contribution >= 0.6 is 24.0 Å². The molecule has 8 nitrogen and oxygen atoms in total. The molecule has 0 bridgehead atoms. The van der Waals surface area contributed by atoms with Crippen LogP contribution in [0, 0.1) is 11.6 Å². The second kappa shape index (κ2) is 13.8. The average molecular weight is 685 g/mol. The van der Waals surface area contributed by atoms with Gasteiger partial charge in [-0.05, 0) is 76.2 Å². The Labute approximate surface area is 274 Å². The molecular formula is C32H37Cl2F2N3O5S. The van der Waals surface area contributed by atoms with Gasteiger partial charge < -0.3 is 19.3 Å². The highest BCUT2D eigenvalue weighted by Crippen LogP contribution is 2.53. The molecule has 1 amide bonds. The molecule has 0 spiro atoms. The highest BCUT2D eigenvalue weighted by atomic mass is 35.5. The van der Waals surface area contributed by atoms with Gasteiger partial charge in [0.1, 0.15) is 17.0 Å². The molecule has 0 aromatic heterocycles. The van der Waals surface area contributed by atoms with Gasteiger partial charge in [-0.25, -0.2) is 21.5 Å². The lowest BCUT2D eigenvalue weighted by Crippen LogP contribution is -2.46. The zero-order valence-electron chi connectivity index (χ0n) is 25.6. The second-order valence-electron chi connectivity index (χ2n) is 11.5. The molecule has 0 saturated carbocycles. The summed E-state index contributed by atoms with van der Waals surface area (Å²) in [6.07, 6.45) is 0.232. The van der Waals surface area contributed by atoms with Crippen molar-refractivity contribution in [2.75, 3.05) is 51.2 Å². The molecule has 1 atom stereocenters. The number of halogens is 4. The molecule has 1 saturated heterocycles. The van der Waals surface area contributed by atoms with E-state index in [2.05, 4.69) is 16.8 Å². The molecule has 0 aliphatic carbocycles. The van der Waals surface area contributed by atoms with Gasteiger partial charge in [0.2, 0.25) is 0 Å². The smallest absolute Gasteiger partial charge is 0.271 e. The number of sulfonamides is 1. The second-order valence-corrected chi connectivity index (χ2v) is 13.7. The van der Waals surface area contributed by atoms with Crippen molar-refractivity contribution >= 4 is 45.6 Å². The van der Waals surface area contributed by atoms with E-state index in [-0.39, 0.29) is 58.3 Å². The first-order chi connectivity index (χ1) is 20.9. The number of carbonyl (C=O) groups excluding carboxylic acids is 1. The zero-order valence-corrected chi connectivity index (χ0v) is 27.9. The molecule has 3 aromatic rings. The van der Waals surface area contributed by atoms with Crippen LogP contribution < -0.4 is 13.8 Å². The molecule has 2 heterocycles. The van der Waals surface area contributed by atoms with E-state index in [1.54, 1.807) is 19.9 Å². The summed E-state index contributed by atoms with van der Waals surface area (Å²) in [5.41, 5.74) is -1.48. The van der Waals surface area contributed by atoms with Crippen LogP contribution in [0.5, 0.6) is 11.5 Å². The summed E-state index contributed by atoms with van der Waals surface area (Å²) in [6.45, 7) is 7.56. The number of carbonyl (C=O) groups is 1. The van der Waals surface area contributed by atoms with Crippen molar-refractivity contribution in [2.24, 2.45) is 0 Å². The quantitative estimate of drug-likeness (QED) is 0.264. The molecule has 2 aliphatic heterocycles. The summed E-state index contributed by atoms with van der Waals surface area (Å²) >= 11 is 6.56. The minimum Gasteiger partial charge on any atom is -0.495 e. The number of benzene rings is 3. The topological polar surface area (TPSA) is 79.4 Å². The standard InChI is InChI=1S/C32H36ClF2N3O5S.ClH/c1-21(2)43-29-11-10-22(18-27(29)35)44(40,41)38-28-20-30(42-4)25(33)19-24(28)32(31(38)39,23-8-5-6-9-26(23)34)12-7-13-37-16-14-36(3)15-17-37;/h5-6,8-11,18-21H,7,12-17H2,1-4H3;1H. The predicted octanol–water partition coefficient (Wildman–Crippen LogP) is 5.89. The Morgan fingerprint density at radius 2 is 1.64 bits per heavy atom. The molecule has 3 aromatic carbocycles. The van der Waals surface area contributed by atoms with Crippen molar-refractivity contribution < 1.29 is 31.5 Å². The summed E-state index contributed by atoms with van der Waals surface area (Å²) in [7, 11) is -1.27. The summed E-state index contributed by atoms with van der Waals surface area (Å²) in [5, 5.41) is 0.138. The van der Waals surface area contributed by atoms with Gasteiger partial charge in [-0.2, -0.15) is 0 Å². The van der Waals surface area contributed by atoms with E-state index < -0.39 is 37.9 Å². The molecule has 0 N–H and O–H groups in total. The number of fused-ring (bicyclic) bond motifs is 1. The van der Waals surface area contributed by atoms with Crippen molar-refractivity contribution in [1.29, 1.82) is 0 Å². The molecule has 1 unspecified atom stereocenters. The summed E-state index contributed by atoms with van der Waals surface area (Å²) in [5.74, 6) is -2.41. The summed E-state index contributed by atoms with van der Waals surface area (Å²) in [6, 6.07) is 11.9. The molecule has 244 valence electrons. The Bertz CT molecular complexity index is 1670. The van der Waals surface area contributed by atoms with Crippen LogP contribution in [-0.2, 0) is 20.2 Å². The van der Waals surface area contributed by atoms with Crippen molar-refractivity contribution in [2.45, 2.75) is 43.1 Å². The monoisotopic (exact) mass is 683 g/mol. The Kier molecular flexibility index (Phi) is 10.7. The first kappa shape index (κ1) is 34.9. The van der Waals surface area contributed by atoms with E-state index in [9.17, 15) is 13.2 Å². The maximum Gasteiger partial charge on any atom is 0.271 e. The van der Waals surface area contributed by atoms with E-state index in [1.165, 1.54) is 49.6 Å². The fraction of sp³-hybridized carbons (Fsp3) is 0.406. The Balaban J connectivity index is 0.00000461. The lowest BCUT2D eigenvalue weighted by atomic mass is 9.72. The minimum atomic E-state index is -4.70. The molecule has 1 fully saturated rings. The fourth-order valence-corrected chi connectivity index (χ4v) is 7.75. The van der Waals surface area contributed by atoms with E-state index in [0.29, 0.717) is 17.3 Å². The van der Waals surface area contributed by atoms with Gasteiger partial charge in [-0.3, -0.25) is 4.79 Å². The SMILES string of the molecule is COc1cc2c(cc1Cl)C(CCCN1CCN(C)CC1)(c1ccccc1F)C(=O)N2S(=O)(=O)c1ccc(OC(C)C)c(F)c1.Cl. The van der Waals surface area contributed by atoms with Crippen molar-refractivity contribution in [1.82, 2.24) is 9.80 Å². The predicted molar refractivity (Wildman–Crippen MR) is 172 cm³/mol. The normalized spacial score (nSPS) is 19.0. The van der Waals surface area contributed by atoms with E-state index in [1.807, 2.05) is 0 Å². The van der Waals surface area contributed by atoms with E-state index in [4.69, 9.17) is 21.1 Å². The van der Waals surface area contributed by atoms with Gasteiger partial charge in [0.05, 0.1) is 28.8 Å². The number of amides is 1. The third-order valence-corrected chi connectivity index (χ3v) is 10.2. The van der Waals surface area contributed by atoms with Crippen molar-refractivity contribution in [3.05, 3.63) is 82.4 Å². The highest BCUT2D eigenvalue weighted by molar-refractivity contribution is 7.93. The van der Waals surface area contributed by atoms with Crippen LogP contribution in [0.1, 0.15) is 37.8 Å². The maximum atomic E-state index is 15.7. The van der Waals surface area contributed by atoms with Crippen LogP contribution in [0.4, 0.5) is 14.5 Å². The molecule has 45 heavy (non-hydrogen) atoms. The lowest BCUT2D eigenvalue weighted by Gasteiger charge is -2.34. The van der Waals surface area contributed by atoms with Gasteiger partial charge in [0.25, 0.3) is 15.9 Å². The molecule has 2 aliphatic rings. The first-order valence-electron chi connectivity index (χ1n) is 14.5. The Hall–Kier alpha value is -2.96. The van der Waals surface area contributed by atoms with Crippen molar-refractivity contribution in [3.63, 3.8) is 0 Å². The largest absolute Gasteiger partial charge is 0.495 e.